The summed E-state index contributed by atoms with van der Waals surface area (Å²) in [6.45, 7) is 0. The fourth-order valence-corrected chi connectivity index (χ4v) is 5.17. The minimum Gasteiger partial charge on any atom is -0.508 e. The fraction of sp³-hybridized carbons (Fsp3) is 0.143. The van der Waals surface area contributed by atoms with E-state index in [1.807, 2.05) is 36.4 Å². The van der Waals surface area contributed by atoms with Crippen molar-refractivity contribution in [1.82, 2.24) is 0 Å². The van der Waals surface area contributed by atoms with Crippen molar-refractivity contribution in [2.45, 2.75) is 24.2 Å². The number of phenols is 4. The molecule has 0 fully saturated rings. The quantitative estimate of drug-likeness (QED) is 0.337. The molecule has 4 N–H and O–H groups in total. The summed E-state index contributed by atoms with van der Waals surface area (Å²) in [5.74, 6) is 0.419. The van der Waals surface area contributed by atoms with Crippen LogP contribution in [-0.4, -0.2) is 20.4 Å². The summed E-state index contributed by atoms with van der Waals surface area (Å²) in [5.41, 5.74) is 5.36. The zero-order chi connectivity index (χ0) is 22.2. The second-order valence-corrected chi connectivity index (χ2v) is 8.48. The first kappa shape index (κ1) is 20.0. The van der Waals surface area contributed by atoms with Crippen molar-refractivity contribution in [2.24, 2.45) is 0 Å². The van der Waals surface area contributed by atoms with Crippen molar-refractivity contribution >= 4 is 0 Å². The Morgan fingerprint density at radius 2 is 1.09 bits per heavy atom. The lowest BCUT2D eigenvalue weighted by Crippen LogP contribution is -2.27. The lowest BCUT2D eigenvalue weighted by Gasteiger charge is -2.41. The minimum absolute atomic E-state index is 0.0174. The average Bonchev–Trinajstić information content (AvgIpc) is 2.78. The second-order valence-electron chi connectivity index (χ2n) is 8.48. The monoisotopic (exact) mass is 424 g/mol. The molecule has 0 saturated heterocycles. The number of aromatic hydroxyl groups is 4. The third-order valence-corrected chi connectivity index (χ3v) is 6.51. The maximum atomic E-state index is 10.3. The molecule has 1 aliphatic rings. The van der Waals surface area contributed by atoms with Crippen molar-refractivity contribution in [3.8, 4) is 23.0 Å². The Kier molecular flexibility index (Phi) is 4.98. The van der Waals surface area contributed by atoms with E-state index in [-0.39, 0.29) is 40.8 Å². The van der Waals surface area contributed by atoms with Crippen molar-refractivity contribution in [3.05, 3.63) is 119 Å². The number of benzene rings is 4. The zero-order valence-electron chi connectivity index (χ0n) is 17.4. The molecule has 5 rings (SSSR count). The minimum atomic E-state index is -0.124. The van der Waals surface area contributed by atoms with E-state index in [1.165, 1.54) is 11.6 Å². The summed E-state index contributed by atoms with van der Waals surface area (Å²) in [5, 5.41) is 40.2. The van der Waals surface area contributed by atoms with Crippen molar-refractivity contribution in [3.63, 3.8) is 0 Å². The first-order valence-corrected chi connectivity index (χ1v) is 10.7. The molecule has 0 radical (unpaired) electrons. The highest BCUT2D eigenvalue weighted by Crippen LogP contribution is 2.53. The van der Waals surface area contributed by atoms with Crippen LogP contribution in [0.2, 0.25) is 0 Å². The first-order chi connectivity index (χ1) is 15.5. The molecule has 0 saturated carbocycles. The molecule has 0 spiro atoms. The van der Waals surface area contributed by atoms with Gasteiger partial charge in [-0.3, -0.25) is 0 Å². The number of hydrogen-bond acceptors (Lipinski definition) is 4. The van der Waals surface area contributed by atoms with Crippen LogP contribution in [-0.2, 0) is 6.42 Å². The summed E-state index contributed by atoms with van der Waals surface area (Å²) >= 11 is 0. The highest BCUT2D eigenvalue weighted by molar-refractivity contribution is 5.52. The van der Waals surface area contributed by atoms with Gasteiger partial charge in [-0.15, -0.1) is 0 Å². The van der Waals surface area contributed by atoms with Crippen molar-refractivity contribution < 1.29 is 20.4 Å². The van der Waals surface area contributed by atoms with Gasteiger partial charge in [0.25, 0.3) is 0 Å². The predicted octanol–water partition coefficient (Wildman–Crippen LogP) is 5.76. The highest BCUT2D eigenvalue weighted by atomic mass is 16.3. The Bertz CT molecular complexity index is 1230. The standard InChI is InChI=1S/C28H24O4/c29-21-9-5-17(6-10-21)26-15-19-3-1-2-4-25(19)28(20-13-23(31)16-24(32)14-20)27(26)18-7-11-22(30)12-8-18/h1-14,16,26-32H,15H2. The third kappa shape index (κ3) is 3.65. The summed E-state index contributed by atoms with van der Waals surface area (Å²) in [4.78, 5) is 0. The summed E-state index contributed by atoms with van der Waals surface area (Å²) < 4.78 is 0. The molecule has 4 heteroatoms. The van der Waals surface area contributed by atoms with E-state index in [1.54, 1.807) is 36.4 Å². The molecule has 3 unspecified atom stereocenters. The fourth-order valence-electron chi connectivity index (χ4n) is 5.17. The highest BCUT2D eigenvalue weighted by Gasteiger charge is 2.39. The molecule has 0 amide bonds. The maximum Gasteiger partial charge on any atom is 0.119 e. The lowest BCUT2D eigenvalue weighted by atomic mass is 9.62. The van der Waals surface area contributed by atoms with Gasteiger partial charge in [0.05, 0.1) is 0 Å². The summed E-state index contributed by atoms with van der Waals surface area (Å²) in [6.07, 6.45) is 0.813. The van der Waals surface area contributed by atoms with Crippen LogP contribution in [0.25, 0.3) is 0 Å². The smallest absolute Gasteiger partial charge is 0.119 e. The molecule has 0 aromatic heterocycles. The van der Waals surface area contributed by atoms with Gasteiger partial charge in [-0.1, -0.05) is 48.5 Å². The van der Waals surface area contributed by atoms with E-state index in [2.05, 4.69) is 12.1 Å². The van der Waals surface area contributed by atoms with E-state index in [4.69, 9.17) is 0 Å². The van der Waals surface area contributed by atoms with E-state index >= 15 is 0 Å². The van der Waals surface area contributed by atoms with E-state index in [9.17, 15) is 20.4 Å². The first-order valence-electron chi connectivity index (χ1n) is 10.7. The molecular weight excluding hydrogens is 400 g/mol. The molecule has 4 aromatic rings. The maximum absolute atomic E-state index is 10.3. The molecule has 1 aliphatic carbocycles. The largest absolute Gasteiger partial charge is 0.508 e. The number of fused-ring (bicyclic) bond motifs is 1. The number of hydrogen-bond donors (Lipinski definition) is 4. The van der Waals surface area contributed by atoms with Gasteiger partial charge in [0.15, 0.2) is 0 Å². The molecule has 32 heavy (non-hydrogen) atoms. The molecule has 4 nitrogen and oxygen atoms in total. The molecule has 0 aliphatic heterocycles. The Labute approximate surface area is 186 Å². The van der Waals surface area contributed by atoms with Crippen LogP contribution in [0.4, 0.5) is 0 Å². The van der Waals surface area contributed by atoms with Crippen LogP contribution in [0.3, 0.4) is 0 Å². The van der Waals surface area contributed by atoms with Crippen LogP contribution >= 0.6 is 0 Å². The molecule has 160 valence electrons. The Balaban J connectivity index is 1.76. The van der Waals surface area contributed by atoms with Crippen LogP contribution < -0.4 is 0 Å². The lowest BCUT2D eigenvalue weighted by molar-refractivity contribution is 0.434. The van der Waals surface area contributed by atoms with Gasteiger partial charge in [-0.05, 0) is 76.6 Å². The van der Waals surface area contributed by atoms with Gasteiger partial charge >= 0.3 is 0 Å². The van der Waals surface area contributed by atoms with Gasteiger partial charge in [0.1, 0.15) is 23.0 Å². The van der Waals surface area contributed by atoms with Crippen LogP contribution in [0.5, 0.6) is 23.0 Å². The molecular formula is C28H24O4. The SMILES string of the molecule is Oc1ccc(C2Cc3ccccc3C(c3cc(O)cc(O)c3)C2c2ccc(O)cc2)cc1. The van der Waals surface area contributed by atoms with Crippen molar-refractivity contribution in [1.29, 1.82) is 0 Å². The average molecular weight is 424 g/mol. The number of phenolic OH excluding ortho intramolecular Hbond substituents is 4. The van der Waals surface area contributed by atoms with Crippen LogP contribution in [0, 0.1) is 0 Å². The summed E-state index contributed by atoms with van der Waals surface area (Å²) in [6, 6.07) is 27.7. The van der Waals surface area contributed by atoms with Gasteiger partial charge in [-0.25, -0.2) is 0 Å². The van der Waals surface area contributed by atoms with E-state index in [0.717, 1.165) is 28.7 Å². The van der Waals surface area contributed by atoms with Gasteiger partial charge in [0, 0.05) is 17.9 Å². The normalized spacial score (nSPS) is 19.9. The number of rotatable bonds is 3. The Hall–Kier alpha value is -3.92. The van der Waals surface area contributed by atoms with Gasteiger partial charge in [0.2, 0.25) is 0 Å². The van der Waals surface area contributed by atoms with E-state index < -0.39 is 0 Å². The molecule has 4 aromatic carbocycles. The molecule has 3 atom stereocenters. The van der Waals surface area contributed by atoms with Crippen LogP contribution in [0.1, 0.15) is 45.6 Å². The zero-order valence-corrected chi connectivity index (χ0v) is 17.4. The third-order valence-electron chi connectivity index (χ3n) is 6.51. The van der Waals surface area contributed by atoms with Gasteiger partial charge < -0.3 is 20.4 Å². The Morgan fingerprint density at radius 3 is 1.72 bits per heavy atom. The van der Waals surface area contributed by atoms with Crippen molar-refractivity contribution in [2.75, 3.05) is 0 Å². The van der Waals surface area contributed by atoms with Crippen LogP contribution in [0.15, 0.2) is 91.0 Å². The van der Waals surface area contributed by atoms with E-state index in [0.29, 0.717) is 0 Å². The molecule has 0 heterocycles. The molecule has 0 bridgehead atoms. The topological polar surface area (TPSA) is 80.9 Å². The second kappa shape index (κ2) is 7.97. The predicted molar refractivity (Wildman–Crippen MR) is 123 cm³/mol. The Morgan fingerprint density at radius 1 is 0.531 bits per heavy atom. The summed E-state index contributed by atoms with van der Waals surface area (Å²) in [7, 11) is 0. The van der Waals surface area contributed by atoms with Gasteiger partial charge in [-0.2, -0.15) is 0 Å².